The van der Waals surface area contributed by atoms with Gasteiger partial charge in [-0.1, -0.05) is 55.1 Å². The van der Waals surface area contributed by atoms with E-state index in [0.717, 1.165) is 13.1 Å². The maximum Gasteiger partial charge on any atom is 0.295 e. The molecule has 0 aromatic heterocycles. The number of Topliss-reactive ketones (excluding diaryl/α,β-unsaturated/α-hetero) is 1. The Balaban J connectivity index is 1.73. The second-order valence-corrected chi connectivity index (χ2v) is 7.98. The van der Waals surface area contributed by atoms with Crippen LogP contribution in [-0.4, -0.2) is 72.6 Å². The molecule has 2 aliphatic rings. The third-order valence-corrected chi connectivity index (χ3v) is 5.89. The minimum Gasteiger partial charge on any atom is -0.507 e. The van der Waals surface area contributed by atoms with Gasteiger partial charge in [0, 0.05) is 31.7 Å². The molecular weight excluding hydrogens is 420 g/mol. The van der Waals surface area contributed by atoms with Gasteiger partial charge in [0.15, 0.2) is 0 Å². The number of nitrogens with zero attached hydrogens (tertiary/aromatic N) is 2. The van der Waals surface area contributed by atoms with Crippen molar-refractivity contribution in [2.75, 3.05) is 46.0 Å². The van der Waals surface area contributed by atoms with Crippen LogP contribution in [0.4, 0.5) is 0 Å². The second kappa shape index (κ2) is 10.5. The zero-order valence-corrected chi connectivity index (χ0v) is 18.5. The highest BCUT2D eigenvalue weighted by atomic mass is 16.5. The van der Waals surface area contributed by atoms with Crippen molar-refractivity contribution < 1.29 is 24.2 Å². The molecule has 1 amide bonds. The van der Waals surface area contributed by atoms with Crippen LogP contribution in [0.3, 0.4) is 0 Å². The number of carbonyl (C=O) groups is 2. The number of ether oxygens (including phenoxy) is 2. The molecule has 1 unspecified atom stereocenters. The van der Waals surface area contributed by atoms with Gasteiger partial charge in [-0.15, -0.1) is 0 Å². The largest absolute Gasteiger partial charge is 0.507 e. The fourth-order valence-corrected chi connectivity index (χ4v) is 4.21. The molecule has 0 bridgehead atoms. The van der Waals surface area contributed by atoms with Gasteiger partial charge in [0.05, 0.1) is 24.8 Å². The number of amides is 1. The zero-order valence-electron chi connectivity index (χ0n) is 18.5. The Morgan fingerprint density at radius 2 is 1.85 bits per heavy atom. The Hall–Kier alpha value is -3.42. The van der Waals surface area contributed by atoms with Gasteiger partial charge in [0.25, 0.3) is 11.7 Å². The Kier molecular flexibility index (Phi) is 7.22. The maximum absolute atomic E-state index is 13.1. The lowest BCUT2D eigenvalue weighted by Crippen LogP contribution is -2.42. The summed E-state index contributed by atoms with van der Waals surface area (Å²) in [7, 11) is 0. The molecule has 1 N–H and O–H groups in total. The molecule has 7 heteroatoms. The molecule has 0 radical (unpaired) electrons. The monoisotopic (exact) mass is 448 g/mol. The lowest BCUT2D eigenvalue weighted by Gasteiger charge is -2.31. The summed E-state index contributed by atoms with van der Waals surface area (Å²) in [6, 6.07) is 15.4. The fourth-order valence-electron chi connectivity index (χ4n) is 4.21. The predicted molar refractivity (Wildman–Crippen MR) is 125 cm³/mol. The van der Waals surface area contributed by atoms with Crippen LogP contribution >= 0.6 is 0 Å². The minimum atomic E-state index is -0.710. The van der Waals surface area contributed by atoms with Crippen LogP contribution in [0, 0.1) is 0 Å². The Morgan fingerprint density at radius 1 is 1.09 bits per heavy atom. The van der Waals surface area contributed by atoms with Crippen molar-refractivity contribution in [3.8, 4) is 5.75 Å². The van der Waals surface area contributed by atoms with E-state index in [1.165, 1.54) is 0 Å². The van der Waals surface area contributed by atoms with Crippen LogP contribution in [0.15, 0.2) is 72.8 Å². The Bertz CT molecular complexity index is 1040. The van der Waals surface area contributed by atoms with E-state index in [-0.39, 0.29) is 11.3 Å². The topological polar surface area (TPSA) is 79.3 Å². The van der Waals surface area contributed by atoms with E-state index < -0.39 is 17.7 Å². The van der Waals surface area contributed by atoms with Gasteiger partial charge in [-0.05, 0) is 17.7 Å². The van der Waals surface area contributed by atoms with Crippen LogP contribution in [0.2, 0.25) is 0 Å². The van der Waals surface area contributed by atoms with Crippen molar-refractivity contribution in [1.29, 1.82) is 0 Å². The maximum atomic E-state index is 13.1. The van der Waals surface area contributed by atoms with E-state index in [1.54, 1.807) is 41.3 Å². The molecule has 0 aliphatic carbocycles. The highest BCUT2D eigenvalue weighted by Gasteiger charge is 2.46. The highest BCUT2D eigenvalue weighted by Crippen LogP contribution is 2.40. The van der Waals surface area contributed by atoms with Crippen LogP contribution in [0.5, 0.6) is 5.75 Å². The molecule has 0 spiro atoms. The van der Waals surface area contributed by atoms with E-state index in [2.05, 4.69) is 11.5 Å². The summed E-state index contributed by atoms with van der Waals surface area (Å²) in [6.07, 6.45) is 1.65. The summed E-state index contributed by atoms with van der Waals surface area (Å²) >= 11 is 0. The molecule has 2 saturated heterocycles. The molecular formula is C26H28N2O5. The third-order valence-electron chi connectivity index (χ3n) is 5.89. The van der Waals surface area contributed by atoms with Gasteiger partial charge in [0.2, 0.25) is 0 Å². The molecule has 2 aliphatic heterocycles. The molecule has 2 aromatic rings. The molecule has 2 aromatic carbocycles. The number of aliphatic hydroxyl groups is 1. The molecule has 2 fully saturated rings. The molecule has 0 saturated carbocycles. The molecule has 33 heavy (non-hydrogen) atoms. The van der Waals surface area contributed by atoms with Gasteiger partial charge in [-0.25, -0.2) is 0 Å². The van der Waals surface area contributed by atoms with Crippen molar-refractivity contribution in [3.63, 3.8) is 0 Å². The average molecular weight is 449 g/mol. The lowest BCUT2D eigenvalue weighted by atomic mass is 9.95. The number of hydrogen-bond acceptors (Lipinski definition) is 6. The van der Waals surface area contributed by atoms with Crippen LogP contribution < -0.4 is 4.74 Å². The highest BCUT2D eigenvalue weighted by molar-refractivity contribution is 6.46. The number of rotatable bonds is 8. The van der Waals surface area contributed by atoms with E-state index in [0.29, 0.717) is 49.8 Å². The first-order valence-electron chi connectivity index (χ1n) is 11.1. The first kappa shape index (κ1) is 22.8. The average Bonchev–Trinajstić information content (AvgIpc) is 3.12. The number of ketones is 1. The summed E-state index contributed by atoms with van der Waals surface area (Å²) in [4.78, 5) is 30.0. The number of benzene rings is 2. The summed E-state index contributed by atoms with van der Waals surface area (Å²) < 4.78 is 11.1. The molecule has 2 heterocycles. The first-order valence-corrected chi connectivity index (χ1v) is 11.1. The van der Waals surface area contributed by atoms with E-state index in [9.17, 15) is 14.7 Å². The molecule has 4 rings (SSSR count). The summed E-state index contributed by atoms with van der Waals surface area (Å²) in [5, 5.41) is 11.1. The SMILES string of the molecule is C=CCOc1cccc(C2C(=C(O)c3ccccc3)C(=O)C(=O)N2CCN2CCOCC2)c1. The Labute approximate surface area is 193 Å². The number of morpholine rings is 1. The minimum absolute atomic E-state index is 0.0917. The van der Waals surface area contributed by atoms with Gasteiger partial charge in [-0.3, -0.25) is 14.5 Å². The van der Waals surface area contributed by atoms with Crippen LogP contribution in [0.1, 0.15) is 17.2 Å². The van der Waals surface area contributed by atoms with E-state index in [1.807, 2.05) is 24.3 Å². The quantitative estimate of drug-likeness (QED) is 0.290. The zero-order chi connectivity index (χ0) is 23.2. The van der Waals surface area contributed by atoms with Crippen molar-refractivity contribution in [1.82, 2.24) is 9.80 Å². The van der Waals surface area contributed by atoms with Crippen molar-refractivity contribution in [3.05, 3.63) is 84.0 Å². The molecule has 172 valence electrons. The summed E-state index contributed by atoms with van der Waals surface area (Å²) in [5.41, 5.74) is 1.29. The smallest absolute Gasteiger partial charge is 0.295 e. The first-order chi connectivity index (χ1) is 16.1. The van der Waals surface area contributed by atoms with Crippen molar-refractivity contribution >= 4 is 17.4 Å². The standard InChI is InChI=1S/C26H28N2O5/c1-2-15-33-21-10-6-9-20(18-21)23-22(24(29)19-7-4-3-5-8-19)25(30)26(31)28(23)12-11-27-13-16-32-17-14-27/h2-10,18,23,29H,1,11-17H2. The van der Waals surface area contributed by atoms with Gasteiger partial charge < -0.3 is 19.5 Å². The van der Waals surface area contributed by atoms with Gasteiger partial charge in [-0.2, -0.15) is 0 Å². The van der Waals surface area contributed by atoms with Gasteiger partial charge >= 0.3 is 0 Å². The normalized spacial score (nSPS) is 20.7. The molecule has 7 nitrogen and oxygen atoms in total. The summed E-state index contributed by atoms with van der Waals surface area (Å²) in [6.45, 7) is 7.85. The number of hydrogen-bond donors (Lipinski definition) is 1. The molecule has 1 atom stereocenters. The summed E-state index contributed by atoms with van der Waals surface area (Å²) in [5.74, 6) is -0.861. The number of likely N-dealkylation sites (tertiary alicyclic amines) is 1. The van der Waals surface area contributed by atoms with Crippen molar-refractivity contribution in [2.24, 2.45) is 0 Å². The fraction of sp³-hybridized carbons (Fsp3) is 0.308. The van der Waals surface area contributed by atoms with Gasteiger partial charge in [0.1, 0.15) is 18.1 Å². The van der Waals surface area contributed by atoms with E-state index in [4.69, 9.17) is 9.47 Å². The second-order valence-electron chi connectivity index (χ2n) is 7.98. The number of aliphatic hydroxyl groups excluding tert-OH is 1. The predicted octanol–water partition coefficient (Wildman–Crippen LogP) is 3.01. The van der Waals surface area contributed by atoms with Crippen LogP contribution in [0.25, 0.3) is 5.76 Å². The van der Waals surface area contributed by atoms with E-state index >= 15 is 0 Å². The third kappa shape index (κ3) is 4.99. The number of carbonyl (C=O) groups excluding carboxylic acids is 2. The lowest BCUT2D eigenvalue weighted by molar-refractivity contribution is -0.140. The Morgan fingerprint density at radius 3 is 2.58 bits per heavy atom. The van der Waals surface area contributed by atoms with Crippen molar-refractivity contribution in [2.45, 2.75) is 6.04 Å². The van der Waals surface area contributed by atoms with Crippen LogP contribution in [-0.2, 0) is 14.3 Å².